The smallest absolute Gasteiger partial charge is 0.303 e. The second-order valence-electron chi connectivity index (χ2n) is 3.68. The van der Waals surface area contributed by atoms with Gasteiger partial charge in [0.1, 0.15) is 0 Å². The molecule has 0 aliphatic carbocycles. The van der Waals surface area contributed by atoms with Crippen molar-refractivity contribution in [2.75, 3.05) is 0 Å². The number of halogens is 2. The number of aryl methyl sites for hydroxylation is 1. The molecule has 17 heavy (non-hydrogen) atoms. The van der Waals surface area contributed by atoms with E-state index in [0.717, 1.165) is 21.8 Å². The third kappa shape index (κ3) is 6.03. The van der Waals surface area contributed by atoms with Crippen LogP contribution in [0.2, 0.25) is 0 Å². The van der Waals surface area contributed by atoms with E-state index in [0.29, 0.717) is 6.42 Å². The van der Waals surface area contributed by atoms with Crippen LogP contribution in [0.4, 0.5) is 0 Å². The first-order valence-electron chi connectivity index (χ1n) is 5.40. The van der Waals surface area contributed by atoms with Gasteiger partial charge in [-0.2, -0.15) is 0 Å². The highest BCUT2D eigenvalue weighted by Gasteiger charge is 1.99. The van der Waals surface area contributed by atoms with E-state index < -0.39 is 5.97 Å². The molecule has 0 aromatic heterocycles. The highest BCUT2D eigenvalue weighted by Crippen LogP contribution is 2.23. The van der Waals surface area contributed by atoms with Crippen LogP contribution in [0.1, 0.15) is 24.8 Å². The van der Waals surface area contributed by atoms with Gasteiger partial charge in [-0.25, -0.2) is 0 Å². The largest absolute Gasteiger partial charge is 0.481 e. The molecule has 1 N–H and O–H groups in total. The van der Waals surface area contributed by atoms with Gasteiger partial charge in [-0.15, -0.1) is 0 Å². The standard InChI is InChI=1S/C13H14Br2O2/c14-11-8-7-10(12(15)9-11)5-3-1-2-4-6-13(16)17/h1-2,7-9H,3-6H2,(H,16,17)/b2-1+. The molecule has 0 radical (unpaired) electrons. The number of carbonyl (C=O) groups is 1. The second-order valence-corrected chi connectivity index (χ2v) is 5.45. The summed E-state index contributed by atoms with van der Waals surface area (Å²) in [5.41, 5.74) is 1.26. The van der Waals surface area contributed by atoms with E-state index >= 15 is 0 Å². The molecular formula is C13H14Br2O2. The number of benzene rings is 1. The van der Waals surface area contributed by atoms with E-state index in [-0.39, 0.29) is 6.42 Å². The first-order valence-corrected chi connectivity index (χ1v) is 6.99. The molecule has 0 bridgehead atoms. The Hall–Kier alpha value is -0.610. The molecule has 0 saturated carbocycles. The summed E-state index contributed by atoms with van der Waals surface area (Å²) in [6.45, 7) is 0. The van der Waals surface area contributed by atoms with Gasteiger partial charge in [0.2, 0.25) is 0 Å². The molecular weight excluding hydrogens is 348 g/mol. The zero-order valence-corrected chi connectivity index (χ0v) is 12.5. The van der Waals surface area contributed by atoms with Gasteiger partial charge in [-0.1, -0.05) is 50.1 Å². The number of carboxylic acid groups (broad SMARTS) is 1. The van der Waals surface area contributed by atoms with Crippen molar-refractivity contribution in [3.8, 4) is 0 Å². The Balaban J connectivity index is 2.33. The number of aliphatic carboxylic acids is 1. The maximum atomic E-state index is 10.3. The number of hydrogen-bond donors (Lipinski definition) is 1. The van der Waals surface area contributed by atoms with Crippen molar-refractivity contribution in [1.29, 1.82) is 0 Å². The lowest BCUT2D eigenvalue weighted by Crippen LogP contribution is -1.91. The summed E-state index contributed by atoms with van der Waals surface area (Å²) < 4.78 is 2.16. The summed E-state index contributed by atoms with van der Waals surface area (Å²) in [5, 5.41) is 8.47. The highest BCUT2D eigenvalue weighted by atomic mass is 79.9. The van der Waals surface area contributed by atoms with Crippen LogP contribution in [0.15, 0.2) is 39.3 Å². The van der Waals surface area contributed by atoms with Gasteiger partial charge in [0, 0.05) is 15.4 Å². The van der Waals surface area contributed by atoms with Crippen LogP contribution in [0.25, 0.3) is 0 Å². The Bertz CT molecular complexity index is 414. The monoisotopic (exact) mass is 360 g/mol. The van der Waals surface area contributed by atoms with Crippen molar-refractivity contribution in [3.63, 3.8) is 0 Å². The van der Waals surface area contributed by atoms with Crippen LogP contribution in [0.5, 0.6) is 0 Å². The van der Waals surface area contributed by atoms with E-state index in [9.17, 15) is 4.79 Å². The fourth-order valence-electron chi connectivity index (χ4n) is 1.41. The van der Waals surface area contributed by atoms with Crippen molar-refractivity contribution in [1.82, 2.24) is 0 Å². The van der Waals surface area contributed by atoms with Gasteiger partial charge in [0.15, 0.2) is 0 Å². The molecule has 2 nitrogen and oxygen atoms in total. The summed E-state index contributed by atoms with van der Waals surface area (Å²) in [7, 11) is 0. The lowest BCUT2D eigenvalue weighted by molar-refractivity contribution is -0.136. The Morgan fingerprint density at radius 2 is 1.94 bits per heavy atom. The number of rotatable bonds is 6. The first kappa shape index (κ1) is 14.5. The average Bonchev–Trinajstić information content (AvgIpc) is 2.25. The molecule has 4 heteroatoms. The second kappa shape index (κ2) is 7.67. The maximum Gasteiger partial charge on any atom is 0.303 e. The minimum atomic E-state index is -0.745. The Morgan fingerprint density at radius 3 is 2.59 bits per heavy atom. The normalized spacial score (nSPS) is 10.9. The Morgan fingerprint density at radius 1 is 1.24 bits per heavy atom. The lowest BCUT2D eigenvalue weighted by atomic mass is 10.1. The van der Waals surface area contributed by atoms with E-state index in [1.54, 1.807) is 0 Å². The fourth-order valence-corrected chi connectivity index (χ4v) is 2.65. The first-order chi connectivity index (χ1) is 8.09. The van der Waals surface area contributed by atoms with Gasteiger partial charge < -0.3 is 5.11 Å². The molecule has 1 aromatic rings. The SMILES string of the molecule is O=C(O)CC/C=C/CCc1ccc(Br)cc1Br. The molecule has 0 fully saturated rings. The molecule has 0 unspecified atom stereocenters. The molecule has 0 spiro atoms. The van der Waals surface area contributed by atoms with Gasteiger partial charge in [0.05, 0.1) is 0 Å². The lowest BCUT2D eigenvalue weighted by Gasteiger charge is -2.02. The third-order valence-corrected chi connectivity index (χ3v) is 3.52. The van der Waals surface area contributed by atoms with E-state index in [1.807, 2.05) is 24.3 Å². The number of carboxylic acids is 1. The van der Waals surface area contributed by atoms with Crippen molar-refractivity contribution >= 4 is 37.8 Å². The summed E-state index contributed by atoms with van der Waals surface area (Å²) in [6, 6.07) is 6.14. The Kier molecular flexibility index (Phi) is 6.52. The minimum absolute atomic E-state index is 0.207. The molecule has 0 amide bonds. The van der Waals surface area contributed by atoms with E-state index in [4.69, 9.17) is 5.11 Å². The van der Waals surface area contributed by atoms with Crippen LogP contribution in [0, 0.1) is 0 Å². The zero-order chi connectivity index (χ0) is 12.7. The zero-order valence-electron chi connectivity index (χ0n) is 9.33. The predicted octanol–water partition coefficient (Wildman–Crippen LogP) is 4.57. The summed E-state index contributed by atoms with van der Waals surface area (Å²) >= 11 is 6.93. The van der Waals surface area contributed by atoms with E-state index in [2.05, 4.69) is 37.9 Å². The molecule has 0 aliphatic rings. The average molecular weight is 362 g/mol. The summed E-state index contributed by atoms with van der Waals surface area (Å²) in [6.07, 6.45) is 6.67. The van der Waals surface area contributed by atoms with Gasteiger partial charge in [-0.05, 0) is 37.0 Å². The molecule has 0 saturated heterocycles. The molecule has 0 aliphatic heterocycles. The number of hydrogen-bond acceptors (Lipinski definition) is 1. The van der Waals surface area contributed by atoms with Crippen molar-refractivity contribution in [2.45, 2.75) is 25.7 Å². The van der Waals surface area contributed by atoms with Crippen molar-refractivity contribution in [2.24, 2.45) is 0 Å². The highest BCUT2D eigenvalue weighted by molar-refractivity contribution is 9.11. The molecule has 0 heterocycles. The predicted molar refractivity (Wildman–Crippen MR) is 76.2 cm³/mol. The van der Waals surface area contributed by atoms with Crippen LogP contribution < -0.4 is 0 Å². The van der Waals surface area contributed by atoms with Gasteiger partial charge in [0.25, 0.3) is 0 Å². The quantitative estimate of drug-likeness (QED) is 0.754. The van der Waals surface area contributed by atoms with Crippen molar-refractivity contribution < 1.29 is 9.90 Å². The molecule has 92 valence electrons. The van der Waals surface area contributed by atoms with E-state index in [1.165, 1.54) is 5.56 Å². The van der Waals surface area contributed by atoms with Gasteiger partial charge in [-0.3, -0.25) is 4.79 Å². The molecule has 0 atom stereocenters. The molecule has 1 aromatic carbocycles. The van der Waals surface area contributed by atoms with Crippen LogP contribution in [0.3, 0.4) is 0 Å². The Labute approximate surface area is 118 Å². The van der Waals surface area contributed by atoms with Gasteiger partial charge >= 0.3 is 5.97 Å². The maximum absolute atomic E-state index is 10.3. The van der Waals surface area contributed by atoms with Crippen LogP contribution in [-0.4, -0.2) is 11.1 Å². The third-order valence-electron chi connectivity index (χ3n) is 2.29. The topological polar surface area (TPSA) is 37.3 Å². The van der Waals surface area contributed by atoms with Crippen LogP contribution in [-0.2, 0) is 11.2 Å². The minimum Gasteiger partial charge on any atom is -0.481 e. The summed E-state index contributed by atoms with van der Waals surface area (Å²) in [4.78, 5) is 10.3. The number of allylic oxidation sites excluding steroid dienone is 2. The molecule has 1 rings (SSSR count). The summed E-state index contributed by atoms with van der Waals surface area (Å²) in [5.74, 6) is -0.745. The van der Waals surface area contributed by atoms with Crippen molar-refractivity contribution in [3.05, 3.63) is 44.9 Å². The van der Waals surface area contributed by atoms with Crippen LogP contribution >= 0.6 is 31.9 Å². The fraction of sp³-hybridized carbons (Fsp3) is 0.308.